The van der Waals surface area contributed by atoms with Gasteiger partial charge in [-0.15, -0.1) is 0 Å². The van der Waals surface area contributed by atoms with E-state index in [2.05, 4.69) is 42.3 Å². The molecule has 27 heavy (non-hydrogen) atoms. The van der Waals surface area contributed by atoms with Crippen molar-refractivity contribution in [2.24, 2.45) is 0 Å². The third kappa shape index (κ3) is 4.61. The second-order valence-corrected chi connectivity index (χ2v) is 7.31. The average Bonchev–Trinajstić information content (AvgIpc) is 3.08. The molecule has 0 radical (unpaired) electrons. The van der Waals surface area contributed by atoms with E-state index in [0.29, 0.717) is 30.3 Å². The van der Waals surface area contributed by atoms with Crippen molar-refractivity contribution < 1.29 is 4.79 Å². The number of hydrogen-bond acceptors (Lipinski definition) is 6. The summed E-state index contributed by atoms with van der Waals surface area (Å²) in [6, 6.07) is 5.97. The number of nitrogens with one attached hydrogen (secondary N) is 1. The van der Waals surface area contributed by atoms with E-state index in [-0.39, 0.29) is 5.91 Å². The number of rotatable bonds is 7. The SMILES string of the molecule is Cc1cnc(NCCCN2CCCC2=O)nc1C(C#N)c1ncccc1Br. The van der Waals surface area contributed by atoms with E-state index < -0.39 is 5.92 Å². The van der Waals surface area contributed by atoms with Gasteiger partial charge in [0.2, 0.25) is 11.9 Å². The zero-order chi connectivity index (χ0) is 19.2. The number of likely N-dealkylation sites (tertiary alicyclic amines) is 1. The smallest absolute Gasteiger partial charge is 0.222 e. The molecule has 0 bridgehead atoms. The molecule has 1 aliphatic heterocycles. The Kier molecular flexibility index (Phi) is 6.35. The Bertz CT molecular complexity index is 866. The van der Waals surface area contributed by atoms with Crippen molar-refractivity contribution in [2.45, 2.75) is 32.1 Å². The van der Waals surface area contributed by atoms with Crippen molar-refractivity contribution >= 4 is 27.8 Å². The van der Waals surface area contributed by atoms with E-state index in [1.54, 1.807) is 12.4 Å². The Labute approximate surface area is 167 Å². The number of carbonyl (C=O) groups is 1. The summed E-state index contributed by atoms with van der Waals surface area (Å²) < 4.78 is 0.777. The number of nitrogens with zero attached hydrogens (tertiary/aromatic N) is 5. The molecule has 8 heteroatoms. The number of nitriles is 1. The minimum atomic E-state index is -0.577. The van der Waals surface area contributed by atoms with E-state index >= 15 is 0 Å². The first-order chi connectivity index (χ1) is 13.1. The molecule has 1 unspecified atom stereocenters. The lowest BCUT2D eigenvalue weighted by Crippen LogP contribution is -2.27. The van der Waals surface area contributed by atoms with Crippen molar-refractivity contribution in [3.05, 3.63) is 46.0 Å². The van der Waals surface area contributed by atoms with E-state index in [9.17, 15) is 10.1 Å². The van der Waals surface area contributed by atoms with Crippen LogP contribution >= 0.6 is 15.9 Å². The summed E-state index contributed by atoms with van der Waals surface area (Å²) >= 11 is 3.46. The summed E-state index contributed by atoms with van der Waals surface area (Å²) in [6.07, 6.45) is 5.83. The quantitative estimate of drug-likeness (QED) is 0.680. The molecule has 2 aromatic heterocycles. The number of aryl methyl sites for hydroxylation is 1. The topological polar surface area (TPSA) is 94.8 Å². The number of halogens is 1. The highest BCUT2D eigenvalue weighted by molar-refractivity contribution is 9.10. The van der Waals surface area contributed by atoms with Crippen LogP contribution in [0.3, 0.4) is 0 Å². The second kappa shape index (κ2) is 8.91. The predicted octanol–water partition coefficient (Wildman–Crippen LogP) is 3.02. The number of pyridine rings is 1. The van der Waals surface area contributed by atoms with Crippen molar-refractivity contribution in [3.63, 3.8) is 0 Å². The van der Waals surface area contributed by atoms with E-state index in [1.165, 1.54) is 0 Å². The van der Waals surface area contributed by atoms with E-state index in [0.717, 1.165) is 36.0 Å². The van der Waals surface area contributed by atoms with Gasteiger partial charge in [-0.2, -0.15) is 5.26 Å². The molecule has 1 amide bonds. The number of amides is 1. The normalized spacial score (nSPS) is 14.9. The maximum atomic E-state index is 11.6. The van der Waals surface area contributed by atoms with Crippen LogP contribution < -0.4 is 5.32 Å². The van der Waals surface area contributed by atoms with Crippen LogP contribution in [0.25, 0.3) is 0 Å². The van der Waals surface area contributed by atoms with Crippen molar-refractivity contribution in [1.29, 1.82) is 5.26 Å². The molecular weight excluding hydrogens is 408 g/mol. The fraction of sp³-hybridized carbons (Fsp3) is 0.421. The largest absolute Gasteiger partial charge is 0.354 e. The Morgan fingerprint density at radius 1 is 1.41 bits per heavy atom. The van der Waals surface area contributed by atoms with Crippen molar-refractivity contribution in [2.75, 3.05) is 25.0 Å². The van der Waals surface area contributed by atoms with Gasteiger partial charge in [-0.3, -0.25) is 9.78 Å². The fourth-order valence-corrected chi connectivity index (χ4v) is 3.59. The highest BCUT2D eigenvalue weighted by Gasteiger charge is 2.22. The minimum absolute atomic E-state index is 0.238. The molecular formula is C19H21BrN6O. The highest BCUT2D eigenvalue weighted by Crippen LogP contribution is 2.29. The molecule has 1 atom stereocenters. The number of anilines is 1. The maximum absolute atomic E-state index is 11.6. The summed E-state index contributed by atoms with van der Waals surface area (Å²) in [5.74, 6) is 0.142. The van der Waals surface area contributed by atoms with Crippen LogP contribution in [0.4, 0.5) is 5.95 Å². The van der Waals surface area contributed by atoms with Crippen LogP contribution in [0.15, 0.2) is 29.0 Å². The molecule has 1 aliphatic rings. The summed E-state index contributed by atoms with van der Waals surface area (Å²) in [5.41, 5.74) is 2.12. The van der Waals surface area contributed by atoms with Gasteiger partial charge in [0.25, 0.3) is 0 Å². The predicted molar refractivity (Wildman–Crippen MR) is 105 cm³/mol. The van der Waals surface area contributed by atoms with Gasteiger partial charge in [0.1, 0.15) is 5.92 Å². The lowest BCUT2D eigenvalue weighted by atomic mass is 9.99. The van der Waals surface area contributed by atoms with Gasteiger partial charge in [-0.1, -0.05) is 0 Å². The first-order valence-corrected chi connectivity index (χ1v) is 9.74. The monoisotopic (exact) mass is 428 g/mol. The summed E-state index contributed by atoms with van der Waals surface area (Å²) in [7, 11) is 0. The highest BCUT2D eigenvalue weighted by atomic mass is 79.9. The molecule has 7 nitrogen and oxygen atoms in total. The maximum Gasteiger partial charge on any atom is 0.222 e. The second-order valence-electron chi connectivity index (χ2n) is 6.46. The molecule has 1 N–H and O–H groups in total. The summed E-state index contributed by atoms with van der Waals surface area (Å²) in [5, 5.41) is 12.9. The number of carbonyl (C=O) groups excluding carboxylic acids is 1. The summed E-state index contributed by atoms with van der Waals surface area (Å²) in [4.78, 5) is 26.7. The lowest BCUT2D eigenvalue weighted by molar-refractivity contribution is -0.127. The van der Waals surface area contributed by atoms with Crippen molar-refractivity contribution in [3.8, 4) is 6.07 Å². The molecule has 2 aromatic rings. The van der Waals surface area contributed by atoms with Crippen LogP contribution in [0.2, 0.25) is 0 Å². The Morgan fingerprint density at radius 3 is 2.96 bits per heavy atom. The van der Waals surface area contributed by atoms with Gasteiger partial charge >= 0.3 is 0 Å². The molecule has 1 fully saturated rings. The number of hydrogen-bond donors (Lipinski definition) is 1. The zero-order valence-electron chi connectivity index (χ0n) is 15.2. The Hall–Kier alpha value is -2.53. The molecule has 0 spiro atoms. The standard InChI is InChI=1S/C19H21BrN6O/c1-13-12-24-19(23-8-4-10-26-9-3-6-16(26)27)25-17(13)14(11-21)18-15(20)5-2-7-22-18/h2,5,7,12,14H,3-4,6,8-10H2,1H3,(H,23,24,25). The van der Waals surface area contributed by atoms with E-state index in [1.807, 2.05) is 24.0 Å². The average molecular weight is 429 g/mol. The Balaban J connectivity index is 1.67. The minimum Gasteiger partial charge on any atom is -0.354 e. The molecule has 0 aliphatic carbocycles. The van der Waals surface area contributed by atoms with Gasteiger partial charge in [-0.05, 0) is 53.4 Å². The van der Waals surface area contributed by atoms with Crippen LogP contribution in [-0.4, -0.2) is 45.4 Å². The van der Waals surface area contributed by atoms with Crippen molar-refractivity contribution in [1.82, 2.24) is 19.9 Å². The van der Waals surface area contributed by atoms with Gasteiger partial charge < -0.3 is 10.2 Å². The molecule has 0 aromatic carbocycles. The first-order valence-electron chi connectivity index (χ1n) is 8.95. The summed E-state index contributed by atoms with van der Waals surface area (Å²) in [6.45, 7) is 4.15. The van der Waals surface area contributed by atoms with Gasteiger partial charge in [0.05, 0.1) is 17.5 Å². The molecule has 140 valence electrons. The zero-order valence-corrected chi connectivity index (χ0v) is 16.7. The van der Waals surface area contributed by atoms with Gasteiger partial charge in [0.15, 0.2) is 0 Å². The molecule has 1 saturated heterocycles. The first kappa shape index (κ1) is 19.2. The van der Waals surface area contributed by atoms with Crippen LogP contribution in [0.1, 0.15) is 42.1 Å². The number of aromatic nitrogens is 3. The third-order valence-corrected chi connectivity index (χ3v) is 5.20. The molecule has 0 saturated carbocycles. The third-order valence-electron chi connectivity index (χ3n) is 4.53. The van der Waals surface area contributed by atoms with Crippen LogP contribution in [0, 0.1) is 18.3 Å². The van der Waals surface area contributed by atoms with Crippen LogP contribution in [-0.2, 0) is 4.79 Å². The molecule has 3 heterocycles. The lowest BCUT2D eigenvalue weighted by Gasteiger charge is -2.16. The van der Waals surface area contributed by atoms with Gasteiger partial charge in [0, 0.05) is 42.9 Å². The fourth-order valence-electron chi connectivity index (χ4n) is 3.11. The molecule has 3 rings (SSSR count). The Morgan fingerprint density at radius 2 is 2.26 bits per heavy atom. The van der Waals surface area contributed by atoms with Crippen LogP contribution in [0.5, 0.6) is 0 Å². The van der Waals surface area contributed by atoms with Gasteiger partial charge in [-0.25, -0.2) is 9.97 Å². The van der Waals surface area contributed by atoms with E-state index in [4.69, 9.17) is 0 Å².